The van der Waals surface area contributed by atoms with Gasteiger partial charge < -0.3 is 5.11 Å². The Morgan fingerprint density at radius 2 is 2.00 bits per heavy atom. The number of rotatable bonds is 5. The maximum Gasteiger partial charge on any atom is 0.137 e. The van der Waals surface area contributed by atoms with Gasteiger partial charge in [-0.1, -0.05) is 37.6 Å². The highest BCUT2D eigenvalue weighted by molar-refractivity contribution is 6.30. The normalized spacial score (nSPS) is 18.7. The number of halogens is 1. The summed E-state index contributed by atoms with van der Waals surface area (Å²) in [5, 5.41) is 16.1. The van der Waals surface area contributed by atoms with E-state index in [4.69, 9.17) is 11.6 Å². The Labute approximate surface area is 136 Å². The summed E-state index contributed by atoms with van der Waals surface area (Å²) in [5.41, 5.74) is 0.605. The second kappa shape index (κ2) is 5.67. The molecule has 0 amide bonds. The molecule has 1 saturated carbocycles. The first kappa shape index (κ1) is 15.5. The van der Waals surface area contributed by atoms with Crippen LogP contribution in [-0.2, 0) is 12.0 Å². The monoisotopic (exact) mass is 319 g/mol. The second-order valence-corrected chi connectivity index (χ2v) is 7.43. The van der Waals surface area contributed by atoms with Crippen LogP contribution in [0.1, 0.15) is 38.7 Å². The Kier molecular flexibility index (Phi) is 4.00. The molecule has 1 N–H and O–H groups in total. The van der Waals surface area contributed by atoms with E-state index in [2.05, 4.69) is 23.9 Å². The summed E-state index contributed by atoms with van der Waals surface area (Å²) in [6.45, 7) is 4.23. The van der Waals surface area contributed by atoms with Gasteiger partial charge in [-0.25, -0.2) is 9.67 Å². The Morgan fingerprint density at radius 3 is 2.50 bits per heavy atom. The fraction of sp³-hybridized carbons (Fsp3) is 0.529. The number of hydrogen-bond donors (Lipinski definition) is 1. The van der Waals surface area contributed by atoms with Crippen molar-refractivity contribution in [2.75, 3.05) is 0 Å². The van der Waals surface area contributed by atoms with Crippen molar-refractivity contribution < 1.29 is 5.11 Å². The van der Waals surface area contributed by atoms with Crippen molar-refractivity contribution in [3.05, 3.63) is 47.5 Å². The summed E-state index contributed by atoms with van der Waals surface area (Å²) < 4.78 is 1.85. The molecule has 5 heteroatoms. The third-order valence-corrected chi connectivity index (χ3v) is 5.17. The van der Waals surface area contributed by atoms with Gasteiger partial charge in [0.15, 0.2) is 0 Å². The molecule has 0 bridgehead atoms. The maximum atomic E-state index is 11.1. The fourth-order valence-electron chi connectivity index (χ4n) is 3.56. The quantitative estimate of drug-likeness (QED) is 0.918. The van der Waals surface area contributed by atoms with Gasteiger partial charge in [0.2, 0.25) is 0 Å². The third-order valence-electron chi connectivity index (χ3n) is 4.92. The molecule has 1 unspecified atom stereocenters. The minimum atomic E-state index is -0.480. The topological polar surface area (TPSA) is 50.9 Å². The van der Waals surface area contributed by atoms with Crippen LogP contribution in [0, 0.1) is 5.41 Å². The second-order valence-electron chi connectivity index (χ2n) is 6.99. The molecular weight excluding hydrogens is 298 g/mol. The Morgan fingerprint density at radius 1 is 1.32 bits per heavy atom. The van der Waals surface area contributed by atoms with Gasteiger partial charge in [-0.3, -0.25) is 0 Å². The molecule has 22 heavy (non-hydrogen) atoms. The van der Waals surface area contributed by atoms with Crippen molar-refractivity contribution in [1.82, 2.24) is 14.8 Å². The van der Waals surface area contributed by atoms with Crippen molar-refractivity contribution in [3.8, 4) is 0 Å². The summed E-state index contributed by atoms with van der Waals surface area (Å²) in [6, 6.07) is 7.85. The number of aliphatic hydroxyl groups excluding tert-OH is 1. The van der Waals surface area contributed by atoms with E-state index in [1.165, 1.54) is 5.56 Å². The van der Waals surface area contributed by atoms with Gasteiger partial charge in [0, 0.05) is 5.02 Å². The van der Waals surface area contributed by atoms with Crippen molar-refractivity contribution in [3.63, 3.8) is 0 Å². The predicted molar refractivity (Wildman–Crippen MR) is 86.8 cm³/mol. The Hall–Kier alpha value is -1.39. The number of aromatic nitrogens is 3. The lowest BCUT2D eigenvalue weighted by atomic mass is 9.63. The van der Waals surface area contributed by atoms with Crippen LogP contribution in [0.25, 0.3) is 0 Å². The number of nitrogens with zero attached hydrogens (tertiary/aromatic N) is 3. The van der Waals surface area contributed by atoms with Crippen LogP contribution in [0.4, 0.5) is 0 Å². The van der Waals surface area contributed by atoms with E-state index in [0.717, 1.165) is 30.7 Å². The van der Waals surface area contributed by atoms with Gasteiger partial charge in [-0.05, 0) is 48.8 Å². The third kappa shape index (κ3) is 2.66. The van der Waals surface area contributed by atoms with Crippen molar-refractivity contribution in [2.24, 2.45) is 5.41 Å². The zero-order chi connectivity index (χ0) is 15.8. The van der Waals surface area contributed by atoms with E-state index in [1.807, 2.05) is 28.9 Å². The van der Waals surface area contributed by atoms with Crippen LogP contribution in [0.3, 0.4) is 0 Å². The van der Waals surface area contributed by atoms with Crippen molar-refractivity contribution in [2.45, 2.75) is 51.2 Å². The lowest BCUT2D eigenvalue weighted by Crippen LogP contribution is -2.56. The first-order valence-electron chi connectivity index (χ1n) is 7.72. The first-order chi connectivity index (χ1) is 10.4. The smallest absolute Gasteiger partial charge is 0.137 e. The molecule has 118 valence electrons. The summed E-state index contributed by atoms with van der Waals surface area (Å²) in [7, 11) is 0. The zero-order valence-corrected chi connectivity index (χ0v) is 13.8. The molecule has 0 spiro atoms. The number of hydrogen-bond acceptors (Lipinski definition) is 3. The fourth-order valence-corrected chi connectivity index (χ4v) is 3.68. The molecule has 1 fully saturated rings. The molecule has 4 nitrogen and oxygen atoms in total. The molecule has 1 atom stereocenters. The molecule has 2 aromatic rings. The average molecular weight is 320 g/mol. The van der Waals surface area contributed by atoms with E-state index in [0.29, 0.717) is 0 Å². The molecule has 1 aliphatic carbocycles. The molecule has 1 aliphatic rings. The first-order valence-corrected chi connectivity index (χ1v) is 8.09. The van der Waals surface area contributed by atoms with Gasteiger partial charge in [-0.2, -0.15) is 5.10 Å². The van der Waals surface area contributed by atoms with E-state index >= 15 is 0 Å². The minimum Gasteiger partial charge on any atom is -0.390 e. The molecule has 0 radical (unpaired) electrons. The van der Waals surface area contributed by atoms with Crippen molar-refractivity contribution >= 4 is 11.6 Å². The van der Waals surface area contributed by atoms with Gasteiger partial charge in [0.1, 0.15) is 12.7 Å². The number of benzene rings is 1. The van der Waals surface area contributed by atoms with E-state index < -0.39 is 6.10 Å². The van der Waals surface area contributed by atoms with Gasteiger partial charge in [0.25, 0.3) is 0 Å². The molecular formula is C17H22ClN3O. The van der Waals surface area contributed by atoms with E-state index in [9.17, 15) is 5.11 Å². The Balaban J connectivity index is 1.83. The van der Waals surface area contributed by atoms with Crippen LogP contribution in [0.2, 0.25) is 5.02 Å². The summed E-state index contributed by atoms with van der Waals surface area (Å²) in [6.07, 6.45) is 6.59. The minimum absolute atomic E-state index is 0.264. The SMILES string of the molecule is CC(C)(Cc1ccc(Cl)cc1)C(O)C1(n2cncn2)CCC1. The van der Waals surface area contributed by atoms with Crippen LogP contribution in [-0.4, -0.2) is 26.0 Å². The van der Waals surface area contributed by atoms with Crippen LogP contribution in [0.15, 0.2) is 36.9 Å². The van der Waals surface area contributed by atoms with Gasteiger partial charge >= 0.3 is 0 Å². The Bertz CT molecular complexity index is 618. The standard InChI is InChI=1S/C17H22ClN3O/c1-16(2,10-13-4-6-14(18)7-5-13)15(22)17(8-3-9-17)21-12-19-11-20-21/h4-7,11-12,15,22H,3,8-10H2,1-2H3. The molecule has 0 saturated heterocycles. The average Bonchev–Trinajstić information content (AvgIpc) is 2.94. The highest BCUT2D eigenvalue weighted by Crippen LogP contribution is 2.47. The lowest BCUT2D eigenvalue weighted by Gasteiger charge is -2.50. The van der Waals surface area contributed by atoms with Crippen molar-refractivity contribution in [1.29, 1.82) is 0 Å². The summed E-state index contributed by atoms with van der Waals surface area (Å²) in [5.74, 6) is 0. The molecule has 0 aliphatic heterocycles. The summed E-state index contributed by atoms with van der Waals surface area (Å²) >= 11 is 5.95. The van der Waals surface area contributed by atoms with Gasteiger partial charge in [-0.15, -0.1) is 0 Å². The molecule has 1 aromatic heterocycles. The molecule has 1 aromatic carbocycles. The van der Waals surface area contributed by atoms with E-state index in [-0.39, 0.29) is 11.0 Å². The molecule has 3 rings (SSSR count). The van der Waals surface area contributed by atoms with E-state index in [1.54, 1.807) is 12.7 Å². The van der Waals surface area contributed by atoms with Crippen LogP contribution < -0.4 is 0 Å². The highest BCUT2D eigenvalue weighted by Gasteiger charge is 2.51. The highest BCUT2D eigenvalue weighted by atomic mass is 35.5. The largest absolute Gasteiger partial charge is 0.390 e. The van der Waals surface area contributed by atoms with Gasteiger partial charge in [0.05, 0.1) is 11.6 Å². The maximum absolute atomic E-state index is 11.1. The predicted octanol–water partition coefficient (Wildman–Crippen LogP) is 3.44. The zero-order valence-electron chi connectivity index (χ0n) is 13.0. The van der Waals surface area contributed by atoms with Crippen LogP contribution in [0.5, 0.6) is 0 Å². The summed E-state index contributed by atoms with van der Waals surface area (Å²) in [4.78, 5) is 4.05. The number of aliphatic hydroxyl groups is 1. The lowest BCUT2D eigenvalue weighted by molar-refractivity contribution is -0.0950. The molecule has 1 heterocycles. The van der Waals surface area contributed by atoms with Crippen LogP contribution >= 0.6 is 11.6 Å².